The molecule has 0 heterocycles. The molecule has 0 aromatic heterocycles. The van der Waals surface area contributed by atoms with Gasteiger partial charge in [0, 0.05) is 5.56 Å². The summed E-state index contributed by atoms with van der Waals surface area (Å²) in [6.45, 7) is 1.96. The molecule has 2 rings (SSSR count). The van der Waals surface area contributed by atoms with Crippen molar-refractivity contribution in [2.24, 2.45) is 0 Å². The van der Waals surface area contributed by atoms with E-state index in [2.05, 4.69) is 0 Å². The predicted octanol–water partition coefficient (Wildman–Crippen LogP) is 3.09. The van der Waals surface area contributed by atoms with Gasteiger partial charge >= 0.3 is 0 Å². The lowest BCUT2D eigenvalue weighted by Crippen LogP contribution is -2.03. The van der Waals surface area contributed by atoms with Crippen LogP contribution >= 0.6 is 0 Å². The number of benzene rings is 2. The van der Waals surface area contributed by atoms with E-state index >= 15 is 0 Å². The van der Waals surface area contributed by atoms with Crippen LogP contribution < -0.4 is 9.47 Å². The van der Waals surface area contributed by atoms with Gasteiger partial charge in [0.15, 0.2) is 0 Å². The maximum absolute atomic E-state index is 10.5. The van der Waals surface area contributed by atoms with Gasteiger partial charge in [0.05, 0.1) is 14.2 Å². The van der Waals surface area contributed by atoms with Crippen LogP contribution in [0.2, 0.25) is 0 Å². The second-order valence-corrected chi connectivity index (χ2v) is 4.37. The molecule has 2 aromatic carbocycles. The summed E-state index contributed by atoms with van der Waals surface area (Å²) >= 11 is 0. The van der Waals surface area contributed by atoms with E-state index < -0.39 is 6.10 Å². The van der Waals surface area contributed by atoms with Crippen LogP contribution in [0.1, 0.15) is 22.8 Å². The monoisotopic (exact) mass is 258 g/mol. The first-order valence-corrected chi connectivity index (χ1v) is 6.13. The highest BCUT2D eigenvalue weighted by atomic mass is 16.5. The summed E-state index contributed by atoms with van der Waals surface area (Å²) in [5.74, 6) is 1.50. The van der Waals surface area contributed by atoms with Gasteiger partial charge < -0.3 is 14.6 Å². The molecule has 2 aromatic rings. The second kappa shape index (κ2) is 5.76. The first-order valence-electron chi connectivity index (χ1n) is 6.13. The molecule has 0 amide bonds. The molecule has 0 fully saturated rings. The van der Waals surface area contributed by atoms with E-state index in [-0.39, 0.29) is 0 Å². The maximum atomic E-state index is 10.5. The number of para-hydroxylation sites is 1. The molecular formula is C16H18O3. The van der Waals surface area contributed by atoms with E-state index in [0.717, 1.165) is 22.4 Å². The van der Waals surface area contributed by atoms with Crippen LogP contribution in [0.4, 0.5) is 0 Å². The fourth-order valence-corrected chi connectivity index (χ4v) is 2.14. The lowest BCUT2D eigenvalue weighted by molar-refractivity contribution is 0.214. The molecule has 0 aliphatic rings. The SMILES string of the molecule is COc1ccc(C(O)c2ccccc2OC)cc1C. The number of methoxy groups -OCH3 is 2. The summed E-state index contributed by atoms with van der Waals surface area (Å²) in [4.78, 5) is 0. The minimum absolute atomic E-state index is 0.684. The largest absolute Gasteiger partial charge is 0.496 e. The van der Waals surface area contributed by atoms with Gasteiger partial charge in [-0.15, -0.1) is 0 Å². The molecule has 100 valence electrons. The Morgan fingerprint density at radius 1 is 0.947 bits per heavy atom. The Bertz CT molecular complexity index is 564. The van der Waals surface area contributed by atoms with E-state index in [4.69, 9.17) is 9.47 Å². The molecule has 1 unspecified atom stereocenters. The molecule has 0 saturated carbocycles. The Morgan fingerprint density at radius 2 is 1.63 bits per heavy atom. The molecule has 1 N–H and O–H groups in total. The van der Waals surface area contributed by atoms with E-state index in [9.17, 15) is 5.11 Å². The van der Waals surface area contributed by atoms with Crippen LogP contribution in [0, 0.1) is 6.92 Å². The van der Waals surface area contributed by atoms with Crippen molar-refractivity contribution in [3.05, 3.63) is 59.2 Å². The summed E-state index contributed by atoms with van der Waals surface area (Å²) < 4.78 is 10.5. The van der Waals surface area contributed by atoms with Crippen molar-refractivity contribution in [3.8, 4) is 11.5 Å². The average molecular weight is 258 g/mol. The normalized spacial score (nSPS) is 12.0. The quantitative estimate of drug-likeness (QED) is 0.915. The zero-order valence-electron chi connectivity index (χ0n) is 11.4. The minimum Gasteiger partial charge on any atom is -0.496 e. The Morgan fingerprint density at radius 3 is 2.26 bits per heavy atom. The lowest BCUT2D eigenvalue weighted by Gasteiger charge is -2.16. The molecule has 0 radical (unpaired) electrons. The summed E-state index contributed by atoms with van der Waals surface area (Å²) in [6.07, 6.45) is -0.708. The average Bonchev–Trinajstić information content (AvgIpc) is 2.46. The van der Waals surface area contributed by atoms with Crippen LogP contribution in [0.25, 0.3) is 0 Å². The van der Waals surface area contributed by atoms with Crippen molar-refractivity contribution >= 4 is 0 Å². The first-order chi connectivity index (χ1) is 9.17. The fraction of sp³-hybridized carbons (Fsp3) is 0.250. The second-order valence-electron chi connectivity index (χ2n) is 4.37. The standard InChI is InChI=1S/C16H18O3/c1-11-10-12(8-9-14(11)18-2)16(17)13-6-4-5-7-15(13)19-3/h4-10,16-17H,1-3H3. The Kier molecular flexibility index (Phi) is 4.07. The van der Waals surface area contributed by atoms with Crippen LogP contribution in [0.3, 0.4) is 0 Å². The molecule has 0 saturated heterocycles. The highest BCUT2D eigenvalue weighted by Crippen LogP contribution is 2.31. The Hall–Kier alpha value is -2.00. The number of aryl methyl sites for hydroxylation is 1. The third-order valence-corrected chi connectivity index (χ3v) is 3.17. The molecule has 3 heteroatoms. The van der Waals surface area contributed by atoms with Crippen molar-refractivity contribution in [1.82, 2.24) is 0 Å². The summed E-state index contributed by atoms with van der Waals surface area (Å²) in [7, 11) is 3.24. The van der Waals surface area contributed by atoms with E-state index in [1.165, 1.54) is 0 Å². The van der Waals surface area contributed by atoms with Crippen LogP contribution in [0.5, 0.6) is 11.5 Å². The number of aliphatic hydroxyl groups is 1. The highest BCUT2D eigenvalue weighted by Gasteiger charge is 2.15. The zero-order valence-corrected chi connectivity index (χ0v) is 11.4. The smallest absolute Gasteiger partial charge is 0.125 e. The third-order valence-electron chi connectivity index (χ3n) is 3.17. The van der Waals surface area contributed by atoms with Crippen molar-refractivity contribution in [3.63, 3.8) is 0 Å². The van der Waals surface area contributed by atoms with Gasteiger partial charge in [0.25, 0.3) is 0 Å². The van der Waals surface area contributed by atoms with Gasteiger partial charge in [-0.1, -0.05) is 24.3 Å². The Balaban J connectivity index is 2.38. The van der Waals surface area contributed by atoms with Gasteiger partial charge in [-0.3, -0.25) is 0 Å². The van der Waals surface area contributed by atoms with E-state index in [1.807, 2.05) is 49.4 Å². The molecular weight excluding hydrogens is 240 g/mol. The van der Waals surface area contributed by atoms with Crippen molar-refractivity contribution in [2.75, 3.05) is 14.2 Å². The van der Waals surface area contributed by atoms with Crippen molar-refractivity contribution in [2.45, 2.75) is 13.0 Å². The maximum Gasteiger partial charge on any atom is 0.125 e. The van der Waals surface area contributed by atoms with Crippen LogP contribution in [-0.4, -0.2) is 19.3 Å². The van der Waals surface area contributed by atoms with E-state index in [0.29, 0.717) is 5.75 Å². The van der Waals surface area contributed by atoms with Crippen LogP contribution in [-0.2, 0) is 0 Å². The number of hydrogen-bond donors (Lipinski definition) is 1. The third kappa shape index (κ3) is 2.71. The van der Waals surface area contributed by atoms with Crippen molar-refractivity contribution in [1.29, 1.82) is 0 Å². The number of hydrogen-bond acceptors (Lipinski definition) is 3. The highest BCUT2D eigenvalue weighted by molar-refractivity contribution is 5.43. The van der Waals surface area contributed by atoms with Gasteiger partial charge in [-0.05, 0) is 36.2 Å². The summed E-state index contributed by atoms with van der Waals surface area (Å²) in [5, 5.41) is 10.5. The molecule has 0 spiro atoms. The molecule has 19 heavy (non-hydrogen) atoms. The lowest BCUT2D eigenvalue weighted by atomic mass is 9.99. The minimum atomic E-state index is -0.708. The topological polar surface area (TPSA) is 38.7 Å². The predicted molar refractivity (Wildman–Crippen MR) is 74.8 cm³/mol. The van der Waals surface area contributed by atoms with E-state index in [1.54, 1.807) is 14.2 Å². The first kappa shape index (κ1) is 13.4. The number of ether oxygens (including phenoxy) is 2. The van der Waals surface area contributed by atoms with Gasteiger partial charge in [-0.25, -0.2) is 0 Å². The fourth-order valence-electron chi connectivity index (χ4n) is 2.14. The van der Waals surface area contributed by atoms with Gasteiger partial charge in [-0.2, -0.15) is 0 Å². The zero-order chi connectivity index (χ0) is 13.8. The van der Waals surface area contributed by atoms with Gasteiger partial charge in [0.1, 0.15) is 17.6 Å². The summed E-state index contributed by atoms with van der Waals surface area (Å²) in [6, 6.07) is 13.1. The molecule has 0 bridgehead atoms. The molecule has 3 nitrogen and oxygen atoms in total. The molecule has 1 atom stereocenters. The number of rotatable bonds is 4. The molecule has 0 aliphatic carbocycles. The number of aliphatic hydroxyl groups excluding tert-OH is 1. The van der Waals surface area contributed by atoms with Crippen LogP contribution in [0.15, 0.2) is 42.5 Å². The van der Waals surface area contributed by atoms with Crippen molar-refractivity contribution < 1.29 is 14.6 Å². The Labute approximate surface area is 113 Å². The molecule has 0 aliphatic heterocycles. The van der Waals surface area contributed by atoms with Gasteiger partial charge in [0.2, 0.25) is 0 Å². The summed E-state index contributed by atoms with van der Waals surface area (Å²) in [5.41, 5.74) is 2.58.